The van der Waals surface area contributed by atoms with Crippen LogP contribution in [0.1, 0.15) is 24.6 Å². The number of rotatable bonds is 5. The van der Waals surface area contributed by atoms with Gasteiger partial charge in [0.15, 0.2) is 0 Å². The molecule has 4 heteroatoms. The standard InChI is InChI=1S/C12H18N2O2/c1-4-10(12(15)16-3)14-8-11-9(2)6-5-7-13-11/h5-7,10,14H,4,8H2,1-3H3. The lowest BCUT2D eigenvalue weighted by atomic mass is 10.2. The fourth-order valence-electron chi connectivity index (χ4n) is 1.46. The van der Waals surface area contributed by atoms with Gasteiger partial charge in [-0.05, 0) is 25.0 Å². The molecule has 0 radical (unpaired) electrons. The number of hydrogen-bond acceptors (Lipinski definition) is 4. The minimum absolute atomic E-state index is 0.226. The van der Waals surface area contributed by atoms with Gasteiger partial charge in [0.25, 0.3) is 0 Å². The number of ether oxygens (including phenoxy) is 1. The van der Waals surface area contributed by atoms with Crippen LogP contribution >= 0.6 is 0 Å². The molecule has 0 amide bonds. The highest BCUT2D eigenvalue weighted by atomic mass is 16.5. The first-order valence-electron chi connectivity index (χ1n) is 5.40. The highest BCUT2D eigenvalue weighted by Crippen LogP contribution is 2.04. The molecule has 1 heterocycles. The van der Waals surface area contributed by atoms with E-state index < -0.39 is 0 Å². The SMILES string of the molecule is CCC(NCc1ncccc1C)C(=O)OC. The van der Waals surface area contributed by atoms with Crippen molar-refractivity contribution in [3.8, 4) is 0 Å². The summed E-state index contributed by atoms with van der Waals surface area (Å²) in [6, 6.07) is 3.64. The van der Waals surface area contributed by atoms with Gasteiger partial charge in [0.1, 0.15) is 6.04 Å². The second-order valence-corrected chi connectivity index (χ2v) is 3.63. The Kier molecular flexibility index (Phi) is 4.92. The molecule has 1 rings (SSSR count). The van der Waals surface area contributed by atoms with E-state index in [-0.39, 0.29) is 12.0 Å². The van der Waals surface area contributed by atoms with Crippen molar-refractivity contribution in [1.82, 2.24) is 10.3 Å². The van der Waals surface area contributed by atoms with Crippen molar-refractivity contribution in [3.63, 3.8) is 0 Å². The number of carbonyl (C=O) groups is 1. The molecule has 0 fully saturated rings. The van der Waals surface area contributed by atoms with Gasteiger partial charge in [-0.15, -0.1) is 0 Å². The summed E-state index contributed by atoms with van der Waals surface area (Å²) in [6.45, 7) is 4.53. The summed E-state index contributed by atoms with van der Waals surface area (Å²) in [4.78, 5) is 15.6. The Balaban J connectivity index is 2.56. The third-order valence-electron chi connectivity index (χ3n) is 2.53. The fraction of sp³-hybridized carbons (Fsp3) is 0.500. The van der Waals surface area contributed by atoms with Crippen molar-refractivity contribution >= 4 is 5.97 Å². The molecule has 0 aliphatic rings. The molecule has 1 N–H and O–H groups in total. The van der Waals surface area contributed by atoms with E-state index in [0.29, 0.717) is 13.0 Å². The molecule has 16 heavy (non-hydrogen) atoms. The zero-order chi connectivity index (χ0) is 12.0. The van der Waals surface area contributed by atoms with Gasteiger partial charge in [-0.2, -0.15) is 0 Å². The van der Waals surface area contributed by atoms with E-state index in [9.17, 15) is 4.79 Å². The number of nitrogens with zero attached hydrogens (tertiary/aromatic N) is 1. The Bertz CT molecular complexity index is 353. The second-order valence-electron chi connectivity index (χ2n) is 3.63. The smallest absolute Gasteiger partial charge is 0.322 e. The number of esters is 1. The van der Waals surface area contributed by atoms with E-state index in [0.717, 1.165) is 11.3 Å². The van der Waals surface area contributed by atoms with Crippen LogP contribution in [0.15, 0.2) is 18.3 Å². The van der Waals surface area contributed by atoms with Crippen molar-refractivity contribution in [2.75, 3.05) is 7.11 Å². The average Bonchev–Trinajstić information content (AvgIpc) is 2.31. The number of aryl methyl sites for hydroxylation is 1. The van der Waals surface area contributed by atoms with Gasteiger partial charge in [-0.1, -0.05) is 13.0 Å². The maximum Gasteiger partial charge on any atom is 0.322 e. The highest BCUT2D eigenvalue weighted by molar-refractivity contribution is 5.75. The lowest BCUT2D eigenvalue weighted by Gasteiger charge is -2.14. The first-order valence-corrected chi connectivity index (χ1v) is 5.40. The lowest BCUT2D eigenvalue weighted by Crippen LogP contribution is -2.36. The molecule has 1 atom stereocenters. The van der Waals surface area contributed by atoms with Crippen molar-refractivity contribution in [2.24, 2.45) is 0 Å². The van der Waals surface area contributed by atoms with Crippen LogP contribution in [-0.2, 0) is 16.1 Å². The Labute approximate surface area is 96.0 Å². The Morgan fingerprint density at radius 2 is 2.38 bits per heavy atom. The largest absolute Gasteiger partial charge is 0.468 e. The molecule has 0 spiro atoms. The number of nitrogens with one attached hydrogen (secondary N) is 1. The van der Waals surface area contributed by atoms with E-state index >= 15 is 0 Å². The van der Waals surface area contributed by atoms with Gasteiger partial charge < -0.3 is 4.74 Å². The molecule has 0 aliphatic heterocycles. The van der Waals surface area contributed by atoms with Crippen molar-refractivity contribution in [3.05, 3.63) is 29.6 Å². The van der Waals surface area contributed by atoms with E-state index in [2.05, 4.69) is 10.3 Å². The average molecular weight is 222 g/mol. The van der Waals surface area contributed by atoms with E-state index in [1.165, 1.54) is 7.11 Å². The molecule has 0 aliphatic carbocycles. The molecule has 0 saturated heterocycles. The van der Waals surface area contributed by atoms with Crippen LogP contribution in [0.4, 0.5) is 0 Å². The monoisotopic (exact) mass is 222 g/mol. The van der Waals surface area contributed by atoms with Crippen LogP contribution in [0.25, 0.3) is 0 Å². The molecular formula is C12H18N2O2. The molecule has 4 nitrogen and oxygen atoms in total. The highest BCUT2D eigenvalue weighted by Gasteiger charge is 2.16. The van der Waals surface area contributed by atoms with Crippen LogP contribution in [0, 0.1) is 6.92 Å². The van der Waals surface area contributed by atoms with Crippen molar-refractivity contribution < 1.29 is 9.53 Å². The minimum Gasteiger partial charge on any atom is -0.468 e. The Morgan fingerprint density at radius 3 is 2.94 bits per heavy atom. The zero-order valence-corrected chi connectivity index (χ0v) is 9.99. The number of methoxy groups -OCH3 is 1. The first kappa shape index (κ1) is 12.6. The Morgan fingerprint density at radius 1 is 1.62 bits per heavy atom. The molecule has 1 unspecified atom stereocenters. The molecule has 0 aromatic carbocycles. The predicted octanol–water partition coefficient (Wildman–Crippen LogP) is 1.43. The molecule has 88 valence electrons. The predicted molar refractivity (Wildman–Crippen MR) is 61.9 cm³/mol. The van der Waals surface area contributed by atoms with Crippen LogP contribution in [0.5, 0.6) is 0 Å². The molecule has 1 aromatic heterocycles. The fourth-order valence-corrected chi connectivity index (χ4v) is 1.46. The summed E-state index contributed by atoms with van der Waals surface area (Å²) < 4.78 is 4.70. The van der Waals surface area contributed by atoms with Crippen LogP contribution in [0.2, 0.25) is 0 Å². The maximum atomic E-state index is 11.3. The quantitative estimate of drug-likeness (QED) is 0.766. The third-order valence-corrected chi connectivity index (χ3v) is 2.53. The first-order chi connectivity index (χ1) is 7.69. The van der Waals surface area contributed by atoms with Crippen molar-refractivity contribution in [2.45, 2.75) is 32.9 Å². The van der Waals surface area contributed by atoms with Crippen LogP contribution in [0.3, 0.4) is 0 Å². The minimum atomic E-state index is -0.258. The molecule has 0 saturated carbocycles. The summed E-state index contributed by atoms with van der Waals surface area (Å²) in [5.41, 5.74) is 2.08. The van der Waals surface area contributed by atoms with Crippen LogP contribution < -0.4 is 5.32 Å². The van der Waals surface area contributed by atoms with Gasteiger partial charge in [0.2, 0.25) is 0 Å². The van der Waals surface area contributed by atoms with Gasteiger partial charge in [0.05, 0.1) is 12.8 Å². The number of carbonyl (C=O) groups excluding carboxylic acids is 1. The number of pyridine rings is 1. The van der Waals surface area contributed by atoms with Gasteiger partial charge in [0, 0.05) is 12.7 Å². The molecule has 1 aromatic rings. The molecular weight excluding hydrogens is 204 g/mol. The summed E-state index contributed by atoms with van der Waals surface area (Å²) in [5, 5.41) is 3.14. The van der Waals surface area contributed by atoms with E-state index in [1.54, 1.807) is 6.20 Å². The third kappa shape index (κ3) is 3.31. The van der Waals surface area contributed by atoms with Crippen LogP contribution in [-0.4, -0.2) is 24.1 Å². The summed E-state index contributed by atoms with van der Waals surface area (Å²) in [5.74, 6) is -0.226. The lowest BCUT2D eigenvalue weighted by molar-refractivity contribution is -0.143. The second kappa shape index (κ2) is 6.23. The Hall–Kier alpha value is -1.42. The molecule has 0 bridgehead atoms. The summed E-state index contributed by atoms with van der Waals surface area (Å²) in [7, 11) is 1.40. The van der Waals surface area contributed by atoms with Gasteiger partial charge >= 0.3 is 5.97 Å². The zero-order valence-electron chi connectivity index (χ0n) is 9.99. The number of hydrogen-bond donors (Lipinski definition) is 1. The maximum absolute atomic E-state index is 11.3. The van der Waals surface area contributed by atoms with Gasteiger partial charge in [-0.25, -0.2) is 0 Å². The van der Waals surface area contributed by atoms with Crippen molar-refractivity contribution in [1.29, 1.82) is 0 Å². The summed E-state index contributed by atoms with van der Waals surface area (Å²) in [6.07, 6.45) is 2.46. The van der Waals surface area contributed by atoms with Gasteiger partial charge in [-0.3, -0.25) is 15.1 Å². The van der Waals surface area contributed by atoms with E-state index in [4.69, 9.17) is 4.74 Å². The van der Waals surface area contributed by atoms with E-state index in [1.807, 2.05) is 26.0 Å². The topological polar surface area (TPSA) is 51.2 Å². The normalized spacial score (nSPS) is 12.2. The summed E-state index contributed by atoms with van der Waals surface area (Å²) >= 11 is 0. The number of aromatic nitrogens is 1.